The molecule has 0 fully saturated rings. The summed E-state index contributed by atoms with van der Waals surface area (Å²) in [5.41, 5.74) is -1.90. The van der Waals surface area contributed by atoms with E-state index in [2.05, 4.69) is 4.74 Å². The predicted octanol–water partition coefficient (Wildman–Crippen LogP) is 2.63. The highest BCUT2D eigenvalue weighted by Gasteiger charge is 2.42. The quantitative estimate of drug-likeness (QED) is 0.795. The Balaban J connectivity index is 3.17. The number of alkyl halides is 3. The van der Waals surface area contributed by atoms with Crippen molar-refractivity contribution in [3.63, 3.8) is 0 Å². The topological polar surface area (TPSA) is 33.0 Å². The lowest BCUT2D eigenvalue weighted by molar-refractivity contribution is -0.138. The van der Waals surface area contributed by atoms with Crippen LogP contribution in [-0.2, 0) is 10.3 Å². The van der Waals surface area contributed by atoms with Gasteiger partial charge in [0.25, 0.3) is 6.43 Å². The molecule has 0 heterocycles. The molecule has 0 radical (unpaired) electrons. The fourth-order valence-corrected chi connectivity index (χ4v) is 1.35. The van der Waals surface area contributed by atoms with Crippen LogP contribution in [0.2, 0.25) is 0 Å². The maximum atomic E-state index is 12.8. The first-order chi connectivity index (χ1) is 7.60. The van der Waals surface area contributed by atoms with E-state index in [0.717, 1.165) is 7.11 Å². The summed E-state index contributed by atoms with van der Waals surface area (Å²) in [6.45, 7) is -1.33. The molecule has 0 saturated heterocycles. The standard InChI is InChI=1S/C11H10F3NO/c1-16-11(7-12,10(13)14)9-4-2-8(6-15)3-5-9/h2-5,10H,7H2,1H3. The average Bonchev–Trinajstić information content (AvgIpc) is 2.32. The van der Waals surface area contributed by atoms with E-state index < -0.39 is 18.7 Å². The molecule has 0 bridgehead atoms. The van der Waals surface area contributed by atoms with Gasteiger partial charge < -0.3 is 4.74 Å². The SMILES string of the molecule is COC(CF)(c1ccc(C#N)cc1)C(F)F. The smallest absolute Gasteiger partial charge is 0.273 e. The molecule has 1 rings (SSSR count). The van der Waals surface area contributed by atoms with Gasteiger partial charge in [0.05, 0.1) is 11.6 Å². The van der Waals surface area contributed by atoms with E-state index in [1.807, 2.05) is 6.07 Å². The van der Waals surface area contributed by atoms with Crippen molar-refractivity contribution < 1.29 is 17.9 Å². The number of nitriles is 1. The van der Waals surface area contributed by atoms with Crippen molar-refractivity contribution in [2.75, 3.05) is 13.8 Å². The molecule has 0 amide bonds. The fraction of sp³-hybridized carbons (Fsp3) is 0.364. The van der Waals surface area contributed by atoms with Gasteiger partial charge >= 0.3 is 0 Å². The Labute approximate surface area is 91.3 Å². The first-order valence-electron chi connectivity index (χ1n) is 4.50. The number of ether oxygens (including phenoxy) is 1. The molecule has 0 aliphatic carbocycles. The van der Waals surface area contributed by atoms with E-state index in [4.69, 9.17) is 5.26 Å². The summed E-state index contributed by atoms with van der Waals surface area (Å²) in [4.78, 5) is 0. The second-order valence-corrected chi connectivity index (χ2v) is 3.22. The van der Waals surface area contributed by atoms with Crippen LogP contribution in [0.4, 0.5) is 13.2 Å². The van der Waals surface area contributed by atoms with Gasteiger partial charge in [-0.2, -0.15) is 5.26 Å². The molecule has 0 N–H and O–H groups in total. The summed E-state index contributed by atoms with van der Waals surface area (Å²) in [6.07, 6.45) is -2.98. The first-order valence-corrected chi connectivity index (χ1v) is 4.50. The van der Waals surface area contributed by atoms with Crippen LogP contribution in [0.25, 0.3) is 0 Å². The molecule has 0 spiro atoms. The lowest BCUT2D eigenvalue weighted by atomic mass is 9.94. The van der Waals surface area contributed by atoms with Crippen LogP contribution in [0, 0.1) is 11.3 Å². The van der Waals surface area contributed by atoms with Crippen molar-refractivity contribution in [1.82, 2.24) is 0 Å². The van der Waals surface area contributed by atoms with Gasteiger partial charge in [-0.1, -0.05) is 12.1 Å². The number of benzene rings is 1. The second-order valence-electron chi connectivity index (χ2n) is 3.22. The number of halogens is 3. The van der Waals surface area contributed by atoms with Crippen molar-refractivity contribution in [2.24, 2.45) is 0 Å². The van der Waals surface area contributed by atoms with Crippen LogP contribution in [-0.4, -0.2) is 20.2 Å². The van der Waals surface area contributed by atoms with Gasteiger partial charge in [-0.15, -0.1) is 0 Å². The summed E-state index contributed by atoms with van der Waals surface area (Å²) in [7, 11) is 1.03. The van der Waals surface area contributed by atoms with Gasteiger partial charge in [0.1, 0.15) is 6.67 Å². The molecule has 0 saturated carbocycles. The molecule has 86 valence electrons. The Morgan fingerprint density at radius 3 is 2.25 bits per heavy atom. The van der Waals surface area contributed by atoms with Gasteiger partial charge in [-0.25, -0.2) is 13.2 Å². The summed E-state index contributed by atoms with van der Waals surface area (Å²) in [5, 5.41) is 8.55. The summed E-state index contributed by atoms with van der Waals surface area (Å²) in [6, 6.07) is 7.09. The summed E-state index contributed by atoms with van der Waals surface area (Å²) < 4.78 is 42.9. The van der Waals surface area contributed by atoms with Gasteiger partial charge in [0, 0.05) is 7.11 Å². The average molecular weight is 229 g/mol. The molecule has 1 atom stereocenters. The molecule has 0 aliphatic heterocycles. The number of hydrogen-bond donors (Lipinski definition) is 0. The van der Waals surface area contributed by atoms with Crippen LogP contribution in [0.5, 0.6) is 0 Å². The van der Waals surface area contributed by atoms with Crippen molar-refractivity contribution >= 4 is 0 Å². The molecule has 1 unspecified atom stereocenters. The van der Waals surface area contributed by atoms with E-state index in [0.29, 0.717) is 5.56 Å². The zero-order valence-corrected chi connectivity index (χ0v) is 8.58. The van der Waals surface area contributed by atoms with Crippen LogP contribution in [0.15, 0.2) is 24.3 Å². The molecular weight excluding hydrogens is 219 g/mol. The maximum Gasteiger partial charge on any atom is 0.273 e. The minimum atomic E-state index is -2.98. The monoisotopic (exact) mass is 229 g/mol. The Hall–Kier alpha value is -1.54. The van der Waals surface area contributed by atoms with Crippen molar-refractivity contribution in [1.29, 1.82) is 5.26 Å². The van der Waals surface area contributed by atoms with Crippen molar-refractivity contribution in [3.8, 4) is 6.07 Å². The van der Waals surface area contributed by atoms with Gasteiger partial charge in [0.2, 0.25) is 0 Å². The largest absolute Gasteiger partial charge is 0.365 e. The van der Waals surface area contributed by atoms with Gasteiger partial charge in [-0.3, -0.25) is 0 Å². The van der Waals surface area contributed by atoms with Crippen LogP contribution < -0.4 is 0 Å². The van der Waals surface area contributed by atoms with E-state index in [1.54, 1.807) is 0 Å². The molecule has 1 aromatic carbocycles. The molecule has 16 heavy (non-hydrogen) atoms. The fourth-order valence-electron chi connectivity index (χ4n) is 1.35. The second kappa shape index (κ2) is 4.99. The van der Waals surface area contributed by atoms with Crippen LogP contribution >= 0.6 is 0 Å². The Morgan fingerprint density at radius 2 is 1.94 bits per heavy atom. The van der Waals surface area contributed by atoms with Crippen LogP contribution in [0.1, 0.15) is 11.1 Å². The number of methoxy groups -OCH3 is 1. The molecule has 0 aromatic heterocycles. The number of nitrogens with zero attached hydrogens (tertiary/aromatic N) is 1. The minimum Gasteiger partial charge on any atom is -0.365 e. The Kier molecular flexibility index (Phi) is 3.91. The third-order valence-corrected chi connectivity index (χ3v) is 2.42. The van der Waals surface area contributed by atoms with E-state index in [9.17, 15) is 13.2 Å². The third kappa shape index (κ3) is 2.02. The van der Waals surface area contributed by atoms with E-state index in [1.165, 1.54) is 24.3 Å². The highest BCUT2D eigenvalue weighted by atomic mass is 19.3. The lowest BCUT2D eigenvalue weighted by Gasteiger charge is -2.28. The van der Waals surface area contributed by atoms with Crippen LogP contribution in [0.3, 0.4) is 0 Å². The van der Waals surface area contributed by atoms with E-state index >= 15 is 0 Å². The predicted molar refractivity (Wildman–Crippen MR) is 51.8 cm³/mol. The molecule has 0 aliphatic rings. The van der Waals surface area contributed by atoms with Crippen molar-refractivity contribution in [3.05, 3.63) is 35.4 Å². The van der Waals surface area contributed by atoms with Crippen molar-refractivity contribution in [2.45, 2.75) is 12.0 Å². The van der Waals surface area contributed by atoms with Gasteiger partial charge in [-0.05, 0) is 17.7 Å². The maximum absolute atomic E-state index is 12.8. The molecule has 2 nitrogen and oxygen atoms in total. The summed E-state index contributed by atoms with van der Waals surface area (Å²) in [5.74, 6) is 0. The number of rotatable bonds is 4. The molecular formula is C11H10F3NO. The highest BCUT2D eigenvalue weighted by molar-refractivity contribution is 5.34. The normalized spacial score (nSPS) is 14.5. The minimum absolute atomic E-state index is 0.0199. The lowest BCUT2D eigenvalue weighted by Crippen LogP contribution is -2.38. The molecule has 5 heteroatoms. The van der Waals surface area contributed by atoms with E-state index in [-0.39, 0.29) is 5.56 Å². The Bertz CT molecular complexity index is 379. The highest BCUT2D eigenvalue weighted by Crippen LogP contribution is 2.32. The zero-order chi connectivity index (χ0) is 12.2. The Morgan fingerprint density at radius 1 is 1.38 bits per heavy atom. The summed E-state index contributed by atoms with van der Waals surface area (Å²) >= 11 is 0. The number of hydrogen-bond acceptors (Lipinski definition) is 2. The van der Waals surface area contributed by atoms with Gasteiger partial charge in [0.15, 0.2) is 5.60 Å². The molecule has 1 aromatic rings. The third-order valence-electron chi connectivity index (χ3n) is 2.42. The first kappa shape index (κ1) is 12.5. The zero-order valence-electron chi connectivity index (χ0n) is 8.58.